The molecule has 0 fully saturated rings. The molecule has 2 amide bonds. The zero-order valence-corrected chi connectivity index (χ0v) is 15.9. The predicted octanol–water partition coefficient (Wildman–Crippen LogP) is 6.12. The zero-order chi connectivity index (χ0) is 24.3. The van der Waals surface area contributed by atoms with Gasteiger partial charge in [0.25, 0.3) is 5.91 Å². The molecule has 12 heteroatoms. The summed E-state index contributed by atoms with van der Waals surface area (Å²) >= 11 is 0. The minimum Gasteiger partial charge on any atom is -0.273 e. The van der Waals surface area contributed by atoms with E-state index in [-0.39, 0.29) is 4.90 Å². The lowest BCUT2D eigenvalue weighted by Crippen LogP contribution is -2.55. The Balaban J connectivity index is 2.27. The number of imide groups is 1. The normalized spacial score (nSPS) is 19.9. The zero-order valence-electron chi connectivity index (χ0n) is 15.9. The highest BCUT2D eigenvalue weighted by atomic mass is 19.4. The molecule has 3 nitrogen and oxygen atoms in total. The van der Waals surface area contributed by atoms with Gasteiger partial charge >= 0.3 is 18.5 Å². The quantitative estimate of drug-likeness (QED) is 0.393. The summed E-state index contributed by atoms with van der Waals surface area (Å²) in [5.41, 5.74) is -7.39. The number of benzene rings is 2. The molecule has 1 atom stereocenters. The highest BCUT2D eigenvalue weighted by Gasteiger charge is 2.54. The maximum atomic E-state index is 13.3. The van der Waals surface area contributed by atoms with Crippen LogP contribution in [-0.4, -0.2) is 18.0 Å². The average Bonchev–Trinajstić information content (AvgIpc) is 2.64. The topological polar surface area (TPSA) is 37.4 Å². The van der Waals surface area contributed by atoms with Crippen LogP contribution in [0.2, 0.25) is 0 Å². The van der Waals surface area contributed by atoms with Crippen molar-refractivity contribution in [3.8, 4) is 0 Å². The number of amides is 2. The first-order chi connectivity index (χ1) is 14.4. The van der Waals surface area contributed by atoms with E-state index in [2.05, 4.69) is 0 Å². The smallest absolute Gasteiger partial charge is 0.273 e. The summed E-state index contributed by atoms with van der Waals surface area (Å²) in [5.74, 6) is -2.97. The SMILES string of the molecule is CC1(CC(F)(F)F)C(=O)N(c2cccc(C(F)(F)F)c2)C(=O)c2cc(C(F)(F)F)ccc21. The summed E-state index contributed by atoms with van der Waals surface area (Å²) in [4.78, 5) is 26.0. The van der Waals surface area contributed by atoms with Gasteiger partial charge in [-0.1, -0.05) is 12.1 Å². The predicted molar refractivity (Wildman–Crippen MR) is 92.7 cm³/mol. The van der Waals surface area contributed by atoms with E-state index in [1.54, 1.807) is 0 Å². The van der Waals surface area contributed by atoms with Gasteiger partial charge in [-0.05, 0) is 42.8 Å². The van der Waals surface area contributed by atoms with E-state index in [1.807, 2.05) is 0 Å². The van der Waals surface area contributed by atoms with Crippen LogP contribution in [0, 0.1) is 0 Å². The van der Waals surface area contributed by atoms with Crippen molar-refractivity contribution in [3.05, 3.63) is 64.7 Å². The van der Waals surface area contributed by atoms with Crippen LogP contribution in [0.4, 0.5) is 45.2 Å². The Hall–Kier alpha value is -3.05. The van der Waals surface area contributed by atoms with E-state index < -0.39 is 70.1 Å². The molecule has 0 bridgehead atoms. The number of hydrogen-bond acceptors (Lipinski definition) is 2. The van der Waals surface area contributed by atoms with Crippen molar-refractivity contribution >= 4 is 17.5 Å². The third kappa shape index (κ3) is 4.17. The summed E-state index contributed by atoms with van der Waals surface area (Å²) in [6.07, 6.45) is -16.7. The molecule has 2 aromatic rings. The molecule has 0 N–H and O–H groups in total. The highest BCUT2D eigenvalue weighted by Crippen LogP contribution is 2.45. The summed E-state index contributed by atoms with van der Waals surface area (Å²) < 4.78 is 118. The molecule has 1 unspecified atom stereocenters. The minimum absolute atomic E-state index is 0.0590. The van der Waals surface area contributed by atoms with Gasteiger partial charge < -0.3 is 0 Å². The number of rotatable bonds is 2. The van der Waals surface area contributed by atoms with Crippen molar-refractivity contribution in [1.82, 2.24) is 0 Å². The van der Waals surface area contributed by atoms with Crippen LogP contribution < -0.4 is 4.90 Å². The number of halogens is 9. The van der Waals surface area contributed by atoms with Gasteiger partial charge in [-0.2, -0.15) is 39.5 Å². The molecular formula is C20H12F9NO2. The van der Waals surface area contributed by atoms with Crippen molar-refractivity contribution in [2.45, 2.75) is 37.3 Å². The third-order valence-corrected chi connectivity index (χ3v) is 5.04. The fourth-order valence-electron chi connectivity index (χ4n) is 3.58. The van der Waals surface area contributed by atoms with Crippen molar-refractivity contribution in [3.63, 3.8) is 0 Å². The molecule has 1 heterocycles. The number of carbonyl (C=O) groups is 2. The Morgan fingerprint density at radius 2 is 1.38 bits per heavy atom. The summed E-state index contributed by atoms with van der Waals surface area (Å²) in [6.45, 7) is 0.780. The minimum atomic E-state index is -4.98. The Morgan fingerprint density at radius 3 is 1.91 bits per heavy atom. The average molecular weight is 469 g/mol. The summed E-state index contributed by atoms with van der Waals surface area (Å²) in [5, 5.41) is 0. The van der Waals surface area contributed by atoms with Crippen molar-refractivity contribution in [2.75, 3.05) is 4.90 Å². The molecule has 0 saturated heterocycles. The number of anilines is 1. The van der Waals surface area contributed by atoms with Crippen LogP contribution in [0.15, 0.2) is 42.5 Å². The Bertz CT molecular complexity index is 1090. The lowest BCUT2D eigenvalue weighted by Gasteiger charge is -2.40. The fraction of sp³-hybridized carbons (Fsp3) is 0.300. The van der Waals surface area contributed by atoms with Crippen LogP contribution in [0.3, 0.4) is 0 Å². The van der Waals surface area contributed by atoms with Gasteiger partial charge in [0.1, 0.15) is 0 Å². The van der Waals surface area contributed by atoms with E-state index in [1.165, 1.54) is 0 Å². The fourth-order valence-corrected chi connectivity index (χ4v) is 3.58. The second-order valence-corrected chi connectivity index (χ2v) is 7.38. The van der Waals surface area contributed by atoms with E-state index in [0.717, 1.165) is 19.1 Å². The number of alkyl halides is 9. The second kappa shape index (κ2) is 7.24. The van der Waals surface area contributed by atoms with Crippen molar-refractivity contribution < 1.29 is 49.1 Å². The molecule has 3 rings (SSSR count). The molecule has 0 saturated carbocycles. The third-order valence-electron chi connectivity index (χ3n) is 5.04. The molecule has 0 spiro atoms. The van der Waals surface area contributed by atoms with Crippen molar-refractivity contribution in [2.24, 2.45) is 0 Å². The molecule has 1 aliphatic rings. The monoisotopic (exact) mass is 469 g/mol. The van der Waals surface area contributed by atoms with E-state index in [0.29, 0.717) is 30.3 Å². The molecule has 2 aromatic carbocycles. The molecule has 1 aliphatic heterocycles. The lowest BCUT2D eigenvalue weighted by molar-refractivity contribution is -0.156. The van der Waals surface area contributed by atoms with Crippen LogP contribution in [0.1, 0.15) is 40.4 Å². The van der Waals surface area contributed by atoms with Gasteiger partial charge in [-0.15, -0.1) is 0 Å². The highest BCUT2D eigenvalue weighted by molar-refractivity contribution is 6.27. The van der Waals surface area contributed by atoms with E-state index in [9.17, 15) is 49.1 Å². The lowest BCUT2D eigenvalue weighted by atomic mass is 9.72. The standard InChI is InChI=1S/C20H12F9NO2/c1-17(9-18(21,22)23)14-6-5-11(20(27,28)29)8-13(14)15(31)30(16(17)32)12-4-2-3-10(7-12)19(24,25)26/h2-8H,9H2,1H3. The molecule has 172 valence electrons. The van der Waals surface area contributed by atoms with Crippen LogP contribution >= 0.6 is 0 Å². The van der Waals surface area contributed by atoms with Gasteiger partial charge in [0.15, 0.2) is 0 Å². The van der Waals surface area contributed by atoms with Gasteiger partial charge in [0.2, 0.25) is 5.91 Å². The molecule has 32 heavy (non-hydrogen) atoms. The van der Waals surface area contributed by atoms with E-state index in [4.69, 9.17) is 0 Å². The van der Waals surface area contributed by atoms with Crippen LogP contribution in [-0.2, 0) is 22.6 Å². The van der Waals surface area contributed by atoms with E-state index >= 15 is 0 Å². The molecule has 0 radical (unpaired) electrons. The maximum Gasteiger partial charge on any atom is 0.416 e. The van der Waals surface area contributed by atoms with Gasteiger partial charge in [0.05, 0.1) is 28.7 Å². The number of hydrogen-bond donors (Lipinski definition) is 0. The molecular weight excluding hydrogens is 457 g/mol. The summed E-state index contributed by atoms with van der Waals surface area (Å²) in [7, 11) is 0. The Labute approximate surface area is 174 Å². The van der Waals surface area contributed by atoms with Gasteiger partial charge in [0, 0.05) is 5.56 Å². The van der Waals surface area contributed by atoms with Gasteiger partial charge in [-0.25, -0.2) is 4.90 Å². The number of nitrogens with zero attached hydrogens (tertiary/aromatic N) is 1. The maximum absolute atomic E-state index is 13.3. The molecule has 0 aliphatic carbocycles. The Morgan fingerprint density at radius 1 is 0.812 bits per heavy atom. The number of fused-ring (bicyclic) bond motifs is 1. The molecule has 0 aromatic heterocycles. The van der Waals surface area contributed by atoms with Crippen molar-refractivity contribution in [1.29, 1.82) is 0 Å². The van der Waals surface area contributed by atoms with Gasteiger partial charge in [-0.3, -0.25) is 9.59 Å². The Kier molecular flexibility index (Phi) is 5.34. The largest absolute Gasteiger partial charge is 0.416 e. The second-order valence-electron chi connectivity index (χ2n) is 7.38. The first-order valence-corrected chi connectivity index (χ1v) is 8.80. The summed E-state index contributed by atoms with van der Waals surface area (Å²) in [6, 6.07) is 4.00. The first kappa shape index (κ1) is 23.6. The first-order valence-electron chi connectivity index (χ1n) is 8.80. The number of carbonyl (C=O) groups excluding carboxylic acids is 2. The van der Waals surface area contributed by atoms with Crippen LogP contribution in [0.5, 0.6) is 0 Å². The van der Waals surface area contributed by atoms with Crippen LogP contribution in [0.25, 0.3) is 0 Å².